The molecule has 12 nitrogen and oxygen atoms in total. The van der Waals surface area contributed by atoms with Crippen molar-refractivity contribution in [3.63, 3.8) is 0 Å². The van der Waals surface area contributed by atoms with Gasteiger partial charge in [0.1, 0.15) is 3.41 Å². The summed E-state index contributed by atoms with van der Waals surface area (Å²) in [6.45, 7) is 37.0. The monoisotopic (exact) mass is 1480 g/mol. The van der Waals surface area contributed by atoms with E-state index in [-0.39, 0.29) is 0 Å². The van der Waals surface area contributed by atoms with Crippen LogP contribution in [-0.4, -0.2) is 146 Å². The van der Waals surface area contributed by atoms with E-state index in [0.29, 0.717) is 152 Å². The second-order valence-electron chi connectivity index (χ2n) is 18.2. The zero-order chi connectivity index (χ0) is 59.7. The van der Waals surface area contributed by atoms with Crippen molar-refractivity contribution in [3.8, 4) is 0 Å². The Labute approximate surface area is 542 Å². The molecule has 0 heterocycles. The molecule has 0 spiro atoms. The van der Waals surface area contributed by atoms with Gasteiger partial charge in [0, 0.05) is 108 Å². The lowest BCUT2D eigenvalue weighted by atomic mass is 9.97. The first kappa shape index (κ1) is 84.0. The van der Waals surface area contributed by atoms with Crippen molar-refractivity contribution in [2.24, 2.45) is 5.92 Å². The van der Waals surface area contributed by atoms with Crippen LogP contribution in [0.2, 0.25) is 24.2 Å². The predicted octanol–water partition coefficient (Wildman–Crippen LogP) is 18.9. The van der Waals surface area contributed by atoms with Crippen LogP contribution in [0.5, 0.6) is 0 Å². The second-order valence-corrected chi connectivity index (χ2v) is 64.4. The second kappa shape index (κ2) is 43.7. The Balaban J connectivity index is 9.69. The van der Waals surface area contributed by atoms with E-state index in [1.54, 1.807) is 39.3 Å². The molecule has 0 saturated heterocycles. The van der Waals surface area contributed by atoms with E-state index in [4.69, 9.17) is 146 Å². The molecule has 0 radical (unpaired) electrons. The molecule has 32 heteroatoms. The van der Waals surface area contributed by atoms with Crippen LogP contribution in [0.1, 0.15) is 155 Å². The Morgan fingerprint density at radius 3 is 0.744 bits per heavy atom. The van der Waals surface area contributed by atoms with Gasteiger partial charge in [0.2, 0.25) is 0 Å². The highest BCUT2D eigenvalue weighted by Gasteiger charge is 2.75. The molecule has 6 unspecified atom stereocenters. The molecule has 0 aromatic heterocycles. The number of hydrogen-bond acceptors (Lipinski definition) is 24. The van der Waals surface area contributed by atoms with Crippen LogP contribution in [0.4, 0.5) is 0 Å². The van der Waals surface area contributed by atoms with Gasteiger partial charge in [-0.3, -0.25) is 0 Å². The van der Waals surface area contributed by atoms with Crippen LogP contribution in [0.15, 0.2) is 0 Å². The van der Waals surface area contributed by atoms with Gasteiger partial charge < -0.3 is 53.1 Å². The Morgan fingerprint density at radius 2 is 0.564 bits per heavy atom. The molecule has 6 atom stereocenters. The fraction of sp³-hybridized carbons (Fsp3) is 1.00. The Morgan fingerprint density at radius 1 is 0.359 bits per heavy atom. The van der Waals surface area contributed by atoms with Gasteiger partial charge in [0.25, 0.3) is 0 Å². The van der Waals surface area contributed by atoms with Gasteiger partial charge in [-0.25, -0.2) is 0 Å². The molecule has 0 aliphatic carbocycles. The molecular weight excluding hydrogens is 1370 g/mol. The first-order chi connectivity index (χ1) is 37.0. The van der Waals surface area contributed by atoms with Crippen molar-refractivity contribution >= 4 is 200 Å². The van der Waals surface area contributed by atoms with Crippen LogP contribution < -0.4 is 0 Å². The molecule has 0 aliphatic heterocycles. The van der Waals surface area contributed by atoms with Crippen molar-refractivity contribution in [1.29, 1.82) is 0 Å². The molecule has 0 amide bonds. The van der Waals surface area contributed by atoms with Gasteiger partial charge in [-0.05, 0) is 190 Å². The topological polar surface area (TPSA) is 111 Å². The lowest BCUT2D eigenvalue weighted by Crippen LogP contribution is -2.58. The molecule has 0 bridgehead atoms. The summed E-state index contributed by atoms with van der Waals surface area (Å²) in [5.41, 5.74) is 0. The zero-order valence-electron chi connectivity index (χ0n) is 50.1. The number of rotatable bonds is 54. The smallest absolute Gasteiger partial charge is 0.374 e. The van der Waals surface area contributed by atoms with E-state index in [2.05, 4.69) is 20.8 Å². The summed E-state index contributed by atoms with van der Waals surface area (Å²) in [7, 11) is -15.8. The third-order valence-electron chi connectivity index (χ3n) is 13.1. The van der Waals surface area contributed by atoms with E-state index in [9.17, 15) is 0 Å². The summed E-state index contributed by atoms with van der Waals surface area (Å²) in [4.78, 5) is 0. The molecular formula is C46H110O12S16Si4. The van der Waals surface area contributed by atoms with E-state index in [1.807, 2.05) is 83.1 Å². The molecule has 0 saturated carbocycles. The maximum atomic E-state index is 6.55. The average molecular weight is 1480 g/mol. The normalized spacial score (nSPS) is 19.8. The Hall–Kier alpha value is 5.99. The lowest BCUT2D eigenvalue weighted by Gasteiger charge is -2.76. The fourth-order valence-electron chi connectivity index (χ4n) is 10.1. The quantitative estimate of drug-likeness (QED) is 0.0168. The van der Waals surface area contributed by atoms with E-state index in [1.165, 1.54) is 0 Å². The highest BCUT2D eigenvalue weighted by Crippen LogP contribution is 3.07. The first-order valence-corrected chi connectivity index (χ1v) is 56.8. The predicted molar refractivity (Wildman–Crippen MR) is 397 cm³/mol. The van der Waals surface area contributed by atoms with Gasteiger partial charge in [0.15, 0.2) is 0 Å². The minimum atomic E-state index is -3.14. The van der Waals surface area contributed by atoms with Crippen molar-refractivity contribution < 1.29 is 53.1 Å². The maximum absolute atomic E-state index is 6.55. The molecule has 0 N–H and O–H groups in total. The largest absolute Gasteiger partial charge is 0.500 e. The molecule has 78 heavy (non-hydrogen) atoms. The highest BCUT2D eigenvalue weighted by molar-refractivity contribution is 9.49. The molecule has 0 aromatic carbocycles. The van der Waals surface area contributed by atoms with E-state index >= 15 is 0 Å². The van der Waals surface area contributed by atoms with E-state index < -0.39 is 75.7 Å². The standard InChI is InChI=1S/C46H110O12S16Si4/c1-16-44(14)34-29-35-45(15,71(63,67-59)36-30-40-75(47-17-2,48-18-3)49-19-4)46(72(64,68-60)37-31-41-76(50-20-5,51-21-6)52-22-7,73(65,69-61)38-32-42-77(53-23-8,54-24-9)55-25-10)74(66,70-62)39-33-43-78(56-26-11,57-27-12)58-28-13/h44,59-66H,16-43H2,1-15H3. The summed E-state index contributed by atoms with van der Waals surface area (Å²) >= 11 is 47.3. The van der Waals surface area contributed by atoms with Gasteiger partial charge in [0.05, 0.1) is 0 Å². The summed E-state index contributed by atoms with van der Waals surface area (Å²) in [6.07, 6.45) is 6.58. The van der Waals surface area contributed by atoms with Crippen molar-refractivity contribution in [3.05, 3.63) is 0 Å². The average Bonchev–Trinajstić information content (AvgIpc) is 3.39. The van der Waals surface area contributed by atoms with Crippen LogP contribution in [0.3, 0.4) is 0 Å². The van der Waals surface area contributed by atoms with Gasteiger partial charge in [-0.1, -0.05) is 33.1 Å². The summed E-state index contributed by atoms with van der Waals surface area (Å²) in [5, 5.41) is 0. The molecule has 478 valence electrons. The lowest BCUT2D eigenvalue weighted by molar-refractivity contribution is 0.0704. The third-order valence-corrected chi connectivity index (χ3v) is 75.8. The minimum Gasteiger partial charge on any atom is -0.374 e. The Bertz CT molecular complexity index is 1370. The zero-order valence-corrected chi connectivity index (χ0v) is 67.8. The fourth-order valence-corrected chi connectivity index (χ4v) is 80.3. The number of thiol groups is 8. The third kappa shape index (κ3) is 23.3. The summed E-state index contributed by atoms with van der Waals surface area (Å²) < 4.78 is 76.8. The van der Waals surface area contributed by atoms with E-state index in [0.717, 1.165) is 32.1 Å². The summed E-state index contributed by atoms with van der Waals surface area (Å²) in [5.74, 6) is 3.12. The van der Waals surface area contributed by atoms with Crippen LogP contribution in [0.25, 0.3) is 0 Å². The van der Waals surface area contributed by atoms with Crippen molar-refractivity contribution in [2.45, 2.75) is 188 Å². The first-order valence-electron chi connectivity index (χ1n) is 28.1. The van der Waals surface area contributed by atoms with Gasteiger partial charge in [-0.2, -0.15) is 0 Å². The Kier molecular flexibility index (Phi) is 47.1. The van der Waals surface area contributed by atoms with Gasteiger partial charge in [-0.15, -0.1) is 126 Å². The van der Waals surface area contributed by atoms with Crippen molar-refractivity contribution in [2.75, 3.05) is 102 Å². The molecule has 0 fully saturated rings. The summed E-state index contributed by atoms with van der Waals surface area (Å²) in [6, 6.07) is 2.40. The maximum Gasteiger partial charge on any atom is 0.500 e. The van der Waals surface area contributed by atoms with Crippen molar-refractivity contribution in [1.82, 2.24) is 0 Å². The number of hydrogen-bond donors (Lipinski definition) is 8. The SMILES string of the molecule is CCO[Si](CCCS(S)(SS)C(C)(CCCC(C)CC)C(S(S)(CCC[Si](OCC)(OCC)OCC)SS)(S(S)(CCC[Si](OCC)(OCC)OCC)SS)S(S)(CCC[Si](OCC)(OCC)OCC)SS)(OCC)OCC. The molecule has 0 rings (SSSR count). The van der Waals surface area contributed by atoms with Crippen LogP contribution in [0, 0.1) is 5.92 Å². The highest BCUT2D eigenvalue weighted by atomic mass is 33.8. The molecule has 0 aromatic rings. The minimum absolute atomic E-state index is 0.474. The van der Waals surface area contributed by atoms with Crippen LogP contribution >= 0.6 is 165 Å². The molecule has 0 aliphatic rings. The van der Waals surface area contributed by atoms with Crippen LogP contribution in [-0.2, 0) is 53.1 Å². The van der Waals surface area contributed by atoms with Gasteiger partial charge >= 0.3 is 35.2 Å².